The maximum Gasteiger partial charge on any atom is 0.228 e. The lowest BCUT2D eigenvalue weighted by molar-refractivity contribution is -0.133. The van der Waals surface area contributed by atoms with Crippen molar-refractivity contribution in [1.82, 2.24) is 19.5 Å². The van der Waals surface area contributed by atoms with E-state index < -0.39 is 15.4 Å². The van der Waals surface area contributed by atoms with Crippen LogP contribution in [0.25, 0.3) is 0 Å². The summed E-state index contributed by atoms with van der Waals surface area (Å²) in [6.07, 6.45) is 6.00. The van der Waals surface area contributed by atoms with E-state index in [0.29, 0.717) is 13.1 Å². The first kappa shape index (κ1) is 18.8. The number of aromatic nitrogens is 1. The number of carbonyl (C=O) groups excluding carboxylic acids is 1. The molecule has 27 heavy (non-hydrogen) atoms. The number of carbonyl (C=O) groups is 1. The van der Waals surface area contributed by atoms with E-state index in [1.165, 1.54) is 0 Å². The Morgan fingerprint density at radius 3 is 2.59 bits per heavy atom. The van der Waals surface area contributed by atoms with E-state index >= 15 is 0 Å². The zero-order valence-corrected chi connectivity index (χ0v) is 16.7. The Labute approximate surface area is 161 Å². The monoisotopic (exact) mass is 392 g/mol. The Morgan fingerprint density at radius 1 is 1.22 bits per heavy atom. The molecule has 0 aromatic carbocycles. The van der Waals surface area contributed by atoms with Gasteiger partial charge < -0.3 is 5.32 Å². The highest BCUT2D eigenvalue weighted by atomic mass is 32.2. The van der Waals surface area contributed by atoms with Crippen LogP contribution >= 0.6 is 0 Å². The molecule has 148 valence electrons. The van der Waals surface area contributed by atoms with Gasteiger partial charge in [0.15, 0.2) is 0 Å². The highest BCUT2D eigenvalue weighted by molar-refractivity contribution is 7.89. The topological polar surface area (TPSA) is 82.6 Å². The van der Waals surface area contributed by atoms with Gasteiger partial charge in [0.2, 0.25) is 15.9 Å². The summed E-state index contributed by atoms with van der Waals surface area (Å²) in [5.74, 6) is 0.293. The van der Waals surface area contributed by atoms with Crippen LogP contribution in [0.15, 0.2) is 24.5 Å². The third kappa shape index (κ3) is 3.07. The number of sulfonamides is 1. The second-order valence-electron chi connectivity index (χ2n) is 8.17. The lowest BCUT2D eigenvalue weighted by atomic mass is 9.60. The van der Waals surface area contributed by atoms with Gasteiger partial charge in [-0.05, 0) is 37.8 Å². The number of pyridine rings is 1. The lowest BCUT2D eigenvalue weighted by Crippen LogP contribution is -2.53. The first-order valence-corrected chi connectivity index (χ1v) is 11.4. The molecule has 0 aliphatic carbocycles. The summed E-state index contributed by atoms with van der Waals surface area (Å²) in [6.45, 7) is 5.82. The molecule has 1 amide bonds. The van der Waals surface area contributed by atoms with Crippen molar-refractivity contribution in [3.05, 3.63) is 30.1 Å². The SMILES string of the molecule is CCS(=O)(=O)N1CCC2(CC1)CN(Cc1cccnc1)C[C@@]21CCNC1=O. The second kappa shape index (κ2) is 6.83. The van der Waals surface area contributed by atoms with Crippen molar-refractivity contribution in [3.8, 4) is 0 Å². The number of fused-ring (bicyclic) bond motifs is 1. The molecule has 2 spiro atoms. The summed E-state index contributed by atoms with van der Waals surface area (Å²) in [5.41, 5.74) is 0.612. The van der Waals surface area contributed by atoms with E-state index in [-0.39, 0.29) is 17.1 Å². The summed E-state index contributed by atoms with van der Waals surface area (Å²) in [7, 11) is -3.17. The Bertz CT molecular complexity index is 806. The molecule has 3 aliphatic heterocycles. The van der Waals surface area contributed by atoms with Gasteiger partial charge in [0.1, 0.15) is 0 Å². The molecule has 1 N–H and O–H groups in total. The van der Waals surface area contributed by atoms with Gasteiger partial charge in [-0.3, -0.25) is 14.7 Å². The maximum absolute atomic E-state index is 12.9. The number of rotatable bonds is 4. The molecule has 3 aliphatic rings. The lowest BCUT2D eigenvalue weighted by Gasteiger charge is -2.46. The van der Waals surface area contributed by atoms with Crippen LogP contribution in [-0.2, 0) is 21.4 Å². The van der Waals surface area contributed by atoms with Crippen molar-refractivity contribution in [1.29, 1.82) is 0 Å². The van der Waals surface area contributed by atoms with Gasteiger partial charge in [0, 0.05) is 57.1 Å². The molecule has 4 heterocycles. The molecule has 1 aromatic heterocycles. The van der Waals surface area contributed by atoms with Crippen LogP contribution in [-0.4, -0.2) is 67.0 Å². The van der Waals surface area contributed by atoms with Crippen molar-refractivity contribution >= 4 is 15.9 Å². The first-order valence-electron chi connectivity index (χ1n) is 9.78. The van der Waals surface area contributed by atoms with Crippen LogP contribution in [0.4, 0.5) is 0 Å². The molecular formula is C19H28N4O3S. The number of hydrogen-bond acceptors (Lipinski definition) is 5. The first-order chi connectivity index (χ1) is 12.9. The molecule has 0 saturated carbocycles. The fraction of sp³-hybridized carbons (Fsp3) is 0.684. The number of piperidine rings is 1. The molecule has 0 unspecified atom stereocenters. The Morgan fingerprint density at radius 2 is 2.00 bits per heavy atom. The minimum absolute atomic E-state index is 0.138. The highest BCUT2D eigenvalue weighted by Crippen LogP contribution is 2.56. The van der Waals surface area contributed by atoms with Gasteiger partial charge in [-0.15, -0.1) is 0 Å². The fourth-order valence-electron chi connectivity index (χ4n) is 5.39. The van der Waals surface area contributed by atoms with Crippen LogP contribution in [0.3, 0.4) is 0 Å². The second-order valence-corrected chi connectivity index (χ2v) is 10.4. The predicted octanol–water partition coefficient (Wildman–Crippen LogP) is 0.835. The van der Waals surface area contributed by atoms with Gasteiger partial charge in [-0.2, -0.15) is 0 Å². The number of hydrogen-bond donors (Lipinski definition) is 1. The van der Waals surface area contributed by atoms with Crippen LogP contribution in [0.1, 0.15) is 31.7 Å². The van der Waals surface area contributed by atoms with Crippen LogP contribution in [0.5, 0.6) is 0 Å². The minimum atomic E-state index is -3.17. The summed E-state index contributed by atoms with van der Waals surface area (Å²) < 4.78 is 26.2. The van der Waals surface area contributed by atoms with Crippen molar-refractivity contribution in [2.75, 3.05) is 38.5 Å². The molecular weight excluding hydrogens is 364 g/mol. The zero-order valence-electron chi connectivity index (χ0n) is 15.9. The summed E-state index contributed by atoms with van der Waals surface area (Å²) in [5, 5.41) is 3.05. The summed E-state index contributed by atoms with van der Waals surface area (Å²) in [4.78, 5) is 19.5. The van der Waals surface area contributed by atoms with Gasteiger partial charge in [0.05, 0.1) is 11.2 Å². The van der Waals surface area contributed by atoms with E-state index in [1.807, 2.05) is 12.3 Å². The van der Waals surface area contributed by atoms with Crippen molar-refractivity contribution in [2.45, 2.75) is 32.7 Å². The molecule has 0 radical (unpaired) electrons. The predicted molar refractivity (Wildman–Crippen MR) is 102 cm³/mol. The van der Waals surface area contributed by atoms with Crippen LogP contribution in [0, 0.1) is 10.8 Å². The highest BCUT2D eigenvalue weighted by Gasteiger charge is 2.63. The normalized spacial score (nSPS) is 28.9. The van der Waals surface area contributed by atoms with Crippen molar-refractivity contribution < 1.29 is 13.2 Å². The fourth-order valence-corrected chi connectivity index (χ4v) is 6.49. The largest absolute Gasteiger partial charge is 0.356 e. The molecule has 3 saturated heterocycles. The average molecular weight is 393 g/mol. The van der Waals surface area contributed by atoms with Crippen LogP contribution < -0.4 is 5.32 Å². The van der Waals surface area contributed by atoms with Gasteiger partial charge in [-0.1, -0.05) is 6.07 Å². The van der Waals surface area contributed by atoms with E-state index in [4.69, 9.17) is 0 Å². The van der Waals surface area contributed by atoms with E-state index in [0.717, 1.165) is 51.0 Å². The molecule has 3 fully saturated rings. The smallest absolute Gasteiger partial charge is 0.228 e. The summed E-state index contributed by atoms with van der Waals surface area (Å²) in [6, 6.07) is 4.00. The number of nitrogens with zero attached hydrogens (tertiary/aromatic N) is 3. The standard InChI is InChI=1S/C19H28N4O3S/c1-2-27(25,26)23-10-6-18(7-11-23)14-22(13-16-4-3-8-20-12-16)15-19(18)5-9-21-17(19)24/h3-4,8,12H,2,5-7,9-11,13-15H2,1H3,(H,21,24)/t19-/m1/s1. The number of likely N-dealkylation sites (tertiary alicyclic amines) is 1. The Hall–Kier alpha value is -1.51. The Kier molecular flexibility index (Phi) is 4.76. The molecule has 0 bridgehead atoms. The third-order valence-corrected chi connectivity index (χ3v) is 8.76. The Balaban J connectivity index is 1.58. The zero-order chi connectivity index (χ0) is 19.1. The van der Waals surface area contributed by atoms with E-state index in [1.54, 1.807) is 17.4 Å². The number of amides is 1. The molecule has 8 heteroatoms. The maximum atomic E-state index is 12.9. The third-order valence-electron chi connectivity index (χ3n) is 6.87. The van der Waals surface area contributed by atoms with Gasteiger partial charge >= 0.3 is 0 Å². The molecule has 1 aromatic rings. The summed E-state index contributed by atoms with van der Waals surface area (Å²) >= 11 is 0. The van der Waals surface area contributed by atoms with Gasteiger partial charge in [0.25, 0.3) is 0 Å². The molecule has 7 nitrogen and oxygen atoms in total. The van der Waals surface area contributed by atoms with Crippen molar-refractivity contribution in [3.63, 3.8) is 0 Å². The average Bonchev–Trinajstić information content (AvgIpc) is 3.18. The molecule has 1 atom stereocenters. The van der Waals surface area contributed by atoms with E-state index in [2.05, 4.69) is 21.3 Å². The van der Waals surface area contributed by atoms with Crippen molar-refractivity contribution in [2.24, 2.45) is 10.8 Å². The van der Waals surface area contributed by atoms with Gasteiger partial charge in [-0.25, -0.2) is 12.7 Å². The minimum Gasteiger partial charge on any atom is -0.356 e. The van der Waals surface area contributed by atoms with Crippen LogP contribution in [0.2, 0.25) is 0 Å². The quantitative estimate of drug-likeness (QED) is 0.821. The molecule has 4 rings (SSSR count). The number of nitrogens with one attached hydrogen (secondary N) is 1. The van der Waals surface area contributed by atoms with E-state index in [9.17, 15) is 13.2 Å².